The highest BCUT2D eigenvalue weighted by Crippen LogP contribution is 2.47. The maximum Gasteiger partial charge on any atom is 0.115 e. The highest BCUT2D eigenvalue weighted by Gasteiger charge is 2.50. The predicted octanol–water partition coefficient (Wildman–Crippen LogP) is 4.69. The number of aromatic nitrogens is 1. The van der Waals surface area contributed by atoms with Crippen molar-refractivity contribution in [2.24, 2.45) is 11.8 Å². The zero-order chi connectivity index (χ0) is 21.4. The second kappa shape index (κ2) is 8.30. The molecule has 1 unspecified atom stereocenters. The number of nitrogens with two attached hydrogens (primary N) is 1. The molecule has 3 fully saturated rings. The van der Waals surface area contributed by atoms with Crippen molar-refractivity contribution in [3.05, 3.63) is 79.0 Å². The summed E-state index contributed by atoms with van der Waals surface area (Å²) in [5.74, 6) is 1.64. The van der Waals surface area contributed by atoms with E-state index in [0.29, 0.717) is 17.6 Å². The quantitative estimate of drug-likeness (QED) is 0.337. The third-order valence-electron chi connectivity index (χ3n) is 7.14. The fraction of sp³-hybridized carbons (Fsp3) is 0.346. The number of hydrogen-bond donors (Lipinski definition) is 2. The molecule has 3 N–H and O–H groups in total. The van der Waals surface area contributed by atoms with Crippen LogP contribution >= 0.6 is 11.8 Å². The number of pyridine rings is 1. The second-order valence-electron chi connectivity index (χ2n) is 8.82. The zero-order valence-corrected chi connectivity index (χ0v) is 18.5. The van der Waals surface area contributed by atoms with Crippen LogP contribution in [0.15, 0.2) is 78.3 Å². The van der Waals surface area contributed by atoms with E-state index in [2.05, 4.69) is 28.6 Å². The smallest absolute Gasteiger partial charge is 0.115 e. The van der Waals surface area contributed by atoms with Crippen molar-refractivity contribution in [3.8, 4) is 0 Å². The molecule has 0 aliphatic carbocycles. The first kappa shape index (κ1) is 20.6. The van der Waals surface area contributed by atoms with Crippen molar-refractivity contribution in [1.29, 1.82) is 0 Å². The molecule has 6 rings (SSSR count). The van der Waals surface area contributed by atoms with Gasteiger partial charge in [0, 0.05) is 40.5 Å². The number of nitrogen functional groups attached to an aromatic ring is 1. The maximum atomic E-state index is 12.5. The minimum absolute atomic E-state index is 0.0608. The molecular formula is C26H29N3OS. The van der Waals surface area contributed by atoms with Crippen LogP contribution < -0.4 is 5.73 Å². The number of rotatable bonds is 6. The van der Waals surface area contributed by atoms with Gasteiger partial charge in [-0.1, -0.05) is 36.4 Å². The summed E-state index contributed by atoms with van der Waals surface area (Å²) in [7, 11) is 0. The lowest BCUT2D eigenvalue weighted by molar-refractivity contribution is -0.0959. The Hall–Kier alpha value is -2.34. The predicted molar refractivity (Wildman–Crippen MR) is 129 cm³/mol. The topological polar surface area (TPSA) is 62.4 Å². The van der Waals surface area contributed by atoms with Crippen LogP contribution in [0, 0.1) is 11.8 Å². The van der Waals surface area contributed by atoms with E-state index >= 15 is 0 Å². The van der Waals surface area contributed by atoms with E-state index in [1.165, 1.54) is 6.42 Å². The number of nitrogens with zero attached hydrogens (tertiary/aromatic N) is 2. The van der Waals surface area contributed by atoms with Crippen molar-refractivity contribution in [2.45, 2.75) is 29.4 Å². The van der Waals surface area contributed by atoms with Gasteiger partial charge in [-0.3, -0.25) is 9.88 Å². The van der Waals surface area contributed by atoms with Crippen molar-refractivity contribution >= 4 is 28.4 Å². The first-order valence-electron chi connectivity index (χ1n) is 11.0. The third-order valence-corrected chi connectivity index (χ3v) is 8.41. The van der Waals surface area contributed by atoms with Crippen molar-refractivity contribution < 1.29 is 5.11 Å². The highest BCUT2D eigenvalue weighted by atomic mass is 32.2. The second-order valence-corrected chi connectivity index (χ2v) is 9.84. The van der Waals surface area contributed by atoms with Crippen LogP contribution in [0.5, 0.6) is 0 Å². The summed E-state index contributed by atoms with van der Waals surface area (Å²) in [4.78, 5) is 8.04. The SMILES string of the molecule is C=C[C@H]1CN2CC[C@H]1C[C@@H]2[C@@](O)(CSc1ccccc1N)c1ccnc2ccccc12. The monoisotopic (exact) mass is 431 g/mol. The zero-order valence-electron chi connectivity index (χ0n) is 17.7. The molecule has 3 saturated heterocycles. The van der Waals surface area contributed by atoms with E-state index in [-0.39, 0.29) is 6.04 Å². The van der Waals surface area contributed by atoms with Crippen LogP contribution in [0.4, 0.5) is 5.69 Å². The number of anilines is 1. The van der Waals surface area contributed by atoms with Gasteiger partial charge in [0.15, 0.2) is 0 Å². The van der Waals surface area contributed by atoms with Crippen molar-refractivity contribution in [2.75, 3.05) is 24.6 Å². The first-order valence-corrected chi connectivity index (χ1v) is 12.0. The van der Waals surface area contributed by atoms with Gasteiger partial charge in [0.25, 0.3) is 0 Å². The normalized spacial score (nSPS) is 27.1. The van der Waals surface area contributed by atoms with Gasteiger partial charge in [-0.05, 0) is 61.1 Å². The molecule has 4 nitrogen and oxygen atoms in total. The van der Waals surface area contributed by atoms with Gasteiger partial charge in [0.05, 0.1) is 5.52 Å². The largest absolute Gasteiger partial charge is 0.398 e. The lowest BCUT2D eigenvalue weighted by Gasteiger charge is -2.54. The molecule has 160 valence electrons. The molecule has 3 aromatic rings. The van der Waals surface area contributed by atoms with E-state index in [9.17, 15) is 5.11 Å². The van der Waals surface area contributed by atoms with Gasteiger partial charge in [-0.25, -0.2) is 0 Å². The number of para-hydroxylation sites is 2. The van der Waals surface area contributed by atoms with Gasteiger partial charge in [-0.15, -0.1) is 18.3 Å². The number of fused-ring (bicyclic) bond motifs is 4. The molecule has 4 heterocycles. The summed E-state index contributed by atoms with van der Waals surface area (Å²) in [6.07, 6.45) is 6.09. The van der Waals surface area contributed by atoms with Gasteiger partial charge in [0.1, 0.15) is 5.60 Å². The van der Waals surface area contributed by atoms with Gasteiger partial charge >= 0.3 is 0 Å². The molecule has 3 aliphatic rings. The Morgan fingerprint density at radius 2 is 2.00 bits per heavy atom. The Labute approximate surface area is 188 Å². The summed E-state index contributed by atoms with van der Waals surface area (Å²) in [5, 5.41) is 13.5. The van der Waals surface area contributed by atoms with Crippen LogP contribution in [-0.2, 0) is 5.60 Å². The maximum absolute atomic E-state index is 12.5. The fourth-order valence-corrected chi connectivity index (χ4v) is 6.59. The molecule has 5 atom stereocenters. The molecule has 2 aromatic carbocycles. The van der Waals surface area contributed by atoms with Gasteiger partial charge in [-0.2, -0.15) is 0 Å². The summed E-state index contributed by atoms with van der Waals surface area (Å²) >= 11 is 1.64. The Kier molecular flexibility index (Phi) is 5.51. The Morgan fingerprint density at radius 1 is 1.19 bits per heavy atom. The Morgan fingerprint density at radius 3 is 2.77 bits per heavy atom. The number of aliphatic hydroxyl groups is 1. The van der Waals surface area contributed by atoms with Gasteiger partial charge < -0.3 is 10.8 Å². The van der Waals surface area contributed by atoms with E-state index in [1.54, 1.807) is 11.8 Å². The van der Waals surface area contributed by atoms with Crippen LogP contribution in [0.3, 0.4) is 0 Å². The molecule has 0 amide bonds. The van der Waals surface area contributed by atoms with Crippen molar-refractivity contribution in [1.82, 2.24) is 9.88 Å². The molecule has 0 radical (unpaired) electrons. The number of benzene rings is 2. The van der Waals surface area contributed by atoms with E-state index in [0.717, 1.165) is 46.6 Å². The van der Waals surface area contributed by atoms with Crippen LogP contribution in [0.2, 0.25) is 0 Å². The number of piperidine rings is 3. The minimum Gasteiger partial charge on any atom is -0.398 e. The highest BCUT2D eigenvalue weighted by molar-refractivity contribution is 7.99. The third kappa shape index (κ3) is 3.65. The summed E-state index contributed by atoms with van der Waals surface area (Å²) in [6, 6.07) is 18.1. The summed E-state index contributed by atoms with van der Waals surface area (Å²) < 4.78 is 0. The number of thioether (sulfide) groups is 1. The average molecular weight is 432 g/mol. The van der Waals surface area contributed by atoms with E-state index in [4.69, 9.17) is 5.73 Å². The molecule has 2 bridgehead atoms. The molecule has 0 saturated carbocycles. The lowest BCUT2D eigenvalue weighted by Crippen LogP contribution is -2.61. The van der Waals surface area contributed by atoms with Crippen LogP contribution in [-0.4, -0.2) is 39.9 Å². The summed E-state index contributed by atoms with van der Waals surface area (Å²) in [5.41, 5.74) is 7.85. The minimum atomic E-state index is -1.01. The molecule has 31 heavy (non-hydrogen) atoms. The number of hydrogen-bond acceptors (Lipinski definition) is 5. The Bertz CT molecular complexity index is 1100. The standard InChI is InChI=1S/C26H29N3OS/c1-2-18-16-29-14-12-19(18)15-25(29)26(30,17-31-24-10-6-4-8-22(24)27)21-11-13-28-23-9-5-3-7-20(21)23/h2-11,13,18-19,25,30H,1,12,14-17,27H2/t18-,19-,25+,26+/m0/s1. The fourth-order valence-electron chi connectivity index (χ4n) is 5.46. The first-order chi connectivity index (χ1) is 15.1. The summed E-state index contributed by atoms with van der Waals surface area (Å²) in [6.45, 7) is 6.07. The molecule has 3 aliphatic heterocycles. The van der Waals surface area contributed by atoms with Gasteiger partial charge in [0.2, 0.25) is 0 Å². The lowest BCUT2D eigenvalue weighted by atomic mass is 9.70. The Balaban J connectivity index is 1.57. The van der Waals surface area contributed by atoms with Crippen LogP contribution in [0.25, 0.3) is 10.9 Å². The van der Waals surface area contributed by atoms with Crippen molar-refractivity contribution in [3.63, 3.8) is 0 Å². The molecule has 0 spiro atoms. The molecular weight excluding hydrogens is 402 g/mol. The molecule has 1 aromatic heterocycles. The molecule has 5 heteroatoms. The van der Waals surface area contributed by atoms with E-state index in [1.807, 2.05) is 54.7 Å². The average Bonchev–Trinajstić information content (AvgIpc) is 2.83. The van der Waals surface area contributed by atoms with Crippen LogP contribution in [0.1, 0.15) is 18.4 Å². The van der Waals surface area contributed by atoms with E-state index < -0.39 is 5.60 Å².